The summed E-state index contributed by atoms with van der Waals surface area (Å²) in [5.74, 6) is 0. The number of benzene rings is 1. The van der Waals surface area contributed by atoms with E-state index >= 15 is 0 Å². The van der Waals surface area contributed by atoms with Gasteiger partial charge in [0.05, 0.1) is 5.69 Å². The van der Waals surface area contributed by atoms with Crippen LogP contribution in [0.15, 0.2) is 35.4 Å². The molecule has 1 aromatic heterocycles. The summed E-state index contributed by atoms with van der Waals surface area (Å²) in [6.45, 7) is 2.93. The molecule has 0 fully saturated rings. The zero-order valence-corrected chi connectivity index (χ0v) is 10.7. The third kappa shape index (κ3) is 2.88. The van der Waals surface area contributed by atoms with E-state index in [4.69, 9.17) is 0 Å². The fourth-order valence-corrected chi connectivity index (χ4v) is 1.89. The van der Waals surface area contributed by atoms with Gasteiger partial charge in [-0.05, 0) is 24.6 Å². The summed E-state index contributed by atoms with van der Waals surface area (Å²) >= 11 is 0. The van der Waals surface area contributed by atoms with Crippen LogP contribution in [0.5, 0.6) is 0 Å². The number of unbranched alkanes of at least 4 members (excludes halogenated alkanes) is 3. The van der Waals surface area contributed by atoms with Crippen molar-refractivity contribution in [1.82, 2.24) is 14.3 Å². The standard InChI is InChI=1S/C14H18N3O/c1-2-3-4-8-11-16-12-15-17(14(16)18)13-9-6-5-7-10-13/h6-7,9-10,12H,2-4,8,11H2,1H3. The van der Waals surface area contributed by atoms with Crippen LogP contribution in [0.2, 0.25) is 0 Å². The van der Waals surface area contributed by atoms with Crippen LogP contribution in [0.4, 0.5) is 0 Å². The van der Waals surface area contributed by atoms with Gasteiger partial charge >= 0.3 is 5.69 Å². The summed E-state index contributed by atoms with van der Waals surface area (Å²) in [5, 5.41) is 4.14. The molecule has 1 heterocycles. The molecule has 4 nitrogen and oxygen atoms in total. The highest BCUT2D eigenvalue weighted by molar-refractivity contribution is 5.28. The number of hydrogen-bond acceptors (Lipinski definition) is 2. The SMILES string of the molecule is CCCCCCn1cnn(-c2cc[c]cc2)c1=O. The summed E-state index contributed by atoms with van der Waals surface area (Å²) in [6.07, 6.45) is 6.23. The molecule has 18 heavy (non-hydrogen) atoms. The highest BCUT2D eigenvalue weighted by Crippen LogP contribution is 2.03. The fraction of sp³-hybridized carbons (Fsp3) is 0.429. The largest absolute Gasteiger partial charge is 0.350 e. The van der Waals surface area contributed by atoms with Crippen LogP contribution < -0.4 is 5.69 Å². The Kier molecular flexibility index (Phi) is 4.34. The second kappa shape index (κ2) is 6.19. The van der Waals surface area contributed by atoms with E-state index in [2.05, 4.69) is 18.1 Å². The molecule has 0 saturated carbocycles. The molecule has 4 heteroatoms. The van der Waals surface area contributed by atoms with Gasteiger partial charge < -0.3 is 0 Å². The van der Waals surface area contributed by atoms with Crippen LogP contribution in [0.25, 0.3) is 5.69 Å². The van der Waals surface area contributed by atoms with E-state index in [0.717, 1.165) is 25.1 Å². The zero-order chi connectivity index (χ0) is 12.8. The van der Waals surface area contributed by atoms with Crippen molar-refractivity contribution < 1.29 is 0 Å². The number of aromatic nitrogens is 3. The molecule has 0 amide bonds. The van der Waals surface area contributed by atoms with Crippen LogP contribution in [0.3, 0.4) is 0 Å². The smallest absolute Gasteiger partial charge is 0.281 e. The summed E-state index contributed by atoms with van der Waals surface area (Å²) < 4.78 is 3.10. The van der Waals surface area contributed by atoms with Crippen LogP contribution in [-0.2, 0) is 6.54 Å². The quantitative estimate of drug-likeness (QED) is 0.732. The molecule has 95 valence electrons. The first-order chi connectivity index (χ1) is 8.83. The molecule has 2 aromatic rings. The summed E-state index contributed by atoms with van der Waals surface area (Å²) in [5.41, 5.74) is 0.712. The minimum absolute atomic E-state index is 0.0716. The molecule has 0 atom stereocenters. The van der Waals surface area contributed by atoms with Gasteiger partial charge in [0, 0.05) is 6.54 Å². The van der Waals surface area contributed by atoms with Crippen molar-refractivity contribution in [2.45, 2.75) is 39.2 Å². The first-order valence-corrected chi connectivity index (χ1v) is 6.44. The van der Waals surface area contributed by atoms with Crippen molar-refractivity contribution in [1.29, 1.82) is 0 Å². The Morgan fingerprint density at radius 2 is 2.00 bits per heavy atom. The number of nitrogens with zero attached hydrogens (tertiary/aromatic N) is 3. The van der Waals surface area contributed by atoms with Gasteiger partial charge in [0.1, 0.15) is 6.33 Å². The molecule has 0 saturated heterocycles. The van der Waals surface area contributed by atoms with Crippen molar-refractivity contribution >= 4 is 0 Å². The molecule has 0 spiro atoms. The van der Waals surface area contributed by atoms with Crippen LogP contribution in [0.1, 0.15) is 32.6 Å². The Hall–Kier alpha value is -1.84. The average Bonchev–Trinajstić information content (AvgIpc) is 2.77. The topological polar surface area (TPSA) is 39.8 Å². The van der Waals surface area contributed by atoms with E-state index < -0.39 is 0 Å². The molecule has 0 aliphatic rings. The zero-order valence-electron chi connectivity index (χ0n) is 10.7. The van der Waals surface area contributed by atoms with Gasteiger partial charge in [-0.3, -0.25) is 4.57 Å². The molecular weight excluding hydrogens is 226 g/mol. The van der Waals surface area contributed by atoms with Crippen molar-refractivity contribution in [3.8, 4) is 5.69 Å². The lowest BCUT2D eigenvalue weighted by molar-refractivity contribution is 0.568. The van der Waals surface area contributed by atoms with Crippen molar-refractivity contribution in [2.24, 2.45) is 0 Å². The van der Waals surface area contributed by atoms with Crippen molar-refractivity contribution in [3.05, 3.63) is 47.1 Å². The molecule has 0 aliphatic heterocycles. The van der Waals surface area contributed by atoms with Gasteiger partial charge in [-0.2, -0.15) is 9.78 Å². The minimum atomic E-state index is -0.0716. The molecule has 1 aromatic carbocycles. The van der Waals surface area contributed by atoms with E-state index in [0.29, 0.717) is 0 Å². The monoisotopic (exact) mass is 244 g/mol. The van der Waals surface area contributed by atoms with Crippen LogP contribution in [0, 0.1) is 6.07 Å². The Bertz CT molecular complexity index is 527. The van der Waals surface area contributed by atoms with E-state index in [1.165, 1.54) is 17.5 Å². The third-order valence-corrected chi connectivity index (χ3v) is 2.93. The molecule has 0 N–H and O–H groups in total. The summed E-state index contributed by atoms with van der Waals surface area (Å²) in [6, 6.07) is 10.1. The normalized spacial score (nSPS) is 10.7. The summed E-state index contributed by atoms with van der Waals surface area (Å²) in [4.78, 5) is 12.1. The Morgan fingerprint density at radius 3 is 2.72 bits per heavy atom. The van der Waals surface area contributed by atoms with Crippen LogP contribution in [-0.4, -0.2) is 14.3 Å². The van der Waals surface area contributed by atoms with Gasteiger partial charge in [-0.1, -0.05) is 38.3 Å². The summed E-state index contributed by atoms with van der Waals surface area (Å²) in [7, 11) is 0. The van der Waals surface area contributed by atoms with E-state index in [1.807, 2.05) is 12.1 Å². The van der Waals surface area contributed by atoms with Crippen molar-refractivity contribution in [3.63, 3.8) is 0 Å². The maximum absolute atomic E-state index is 12.1. The molecule has 0 aliphatic carbocycles. The van der Waals surface area contributed by atoms with Gasteiger partial charge in [-0.15, -0.1) is 0 Å². The lowest BCUT2D eigenvalue weighted by Gasteiger charge is -2.00. The minimum Gasteiger partial charge on any atom is -0.281 e. The highest BCUT2D eigenvalue weighted by Gasteiger charge is 2.05. The fourth-order valence-electron chi connectivity index (χ4n) is 1.89. The second-order valence-corrected chi connectivity index (χ2v) is 4.34. The molecule has 0 bridgehead atoms. The molecular formula is C14H18N3O. The van der Waals surface area contributed by atoms with Crippen LogP contribution >= 0.6 is 0 Å². The third-order valence-electron chi connectivity index (χ3n) is 2.93. The van der Waals surface area contributed by atoms with Gasteiger partial charge in [0.15, 0.2) is 0 Å². The highest BCUT2D eigenvalue weighted by atomic mass is 16.2. The average molecular weight is 244 g/mol. The first-order valence-electron chi connectivity index (χ1n) is 6.44. The number of rotatable bonds is 6. The molecule has 1 radical (unpaired) electrons. The van der Waals surface area contributed by atoms with Gasteiger partial charge in [-0.25, -0.2) is 4.79 Å². The van der Waals surface area contributed by atoms with Gasteiger partial charge in [0.2, 0.25) is 0 Å². The van der Waals surface area contributed by atoms with Gasteiger partial charge in [0.25, 0.3) is 0 Å². The number of aryl methyl sites for hydroxylation is 1. The Morgan fingerprint density at radius 1 is 1.22 bits per heavy atom. The van der Waals surface area contributed by atoms with E-state index in [-0.39, 0.29) is 5.69 Å². The Labute approximate surface area is 107 Å². The maximum Gasteiger partial charge on any atom is 0.350 e. The maximum atomic E-state index is 12.1. The molecule has 0 unspecified atom stereocenters. The predicted molar refractivity (Wildman–Crippen MR) is 70.8 cm³/mol. The Balaban J connectivity index is 2.07. The van der Waals surface area contributed by atoms with E-state index in [9.17, 15) is 4.79 Å². The number of hydrogen-bond donors (Lipinski definition) is 0. The van der Waals surface area contributed by atoms with E-state index in [1.54, 1.807) is 23.0 Å². The molecule has 2 rings (SSSR count). The predicted octanol–water partition coefficient (Wildman–Crippen LogP) is 2.41. The lowest BCUT2D eigenvalue weighted by Crippen LogP contribution is -2.23. The first kappa shape index (κ1) is 12.6. The lowest BCUT2D eigenvalue weighted by atomic mass is 10.2. The van der Waals surface area contributed by atoms with Crippen molar-refractivity contribution in [2.75, 3.05) is 0 Å². The second-order valence-electron chi connectivity index (χ2n) is 4.34.